The van der Waals surface area contributed by atoms with Crippen LogP contribution in [0.4, 0.5) is 5.69 Å². The molecule has 2 aromatic carbocycles. The van der Waals surface area contributed by atoms with Crippen LogP contribution in [0.5, 0.6) is 5.75 Å². The van der Waals surface area contributed by atoms with Crippen LogP contribution in [0.15, 0.2) is 42.5 Å². The van der Waals surface area contributed by atoms with E-state index in [1.54, 1.807) is 23.5 Å². The first kappa shape index (κ1) is 18.4. The van der Waals surface area contributed by atoms with Gasteiger partial charge in [-0.2, -0.15) is 0 Å². The number of benzene rings is 2. The monoisotopic (exact) mass is 392 g/mol. The summed E-state index contributed by atoms with van der Waals surface area (Å²) in [4.78, 5) is 32.5. The van der Waals surface area contributed by atoms with Gasteiger partial charge >= 0.3 is 0 Å². The number of anilines is 1. The quantitative estimate of drug-likeness (QED) is 0.620. The molecule has 1 aliphatic rings. The number of hydrogen-bond acceptors (Lipinski definition) is 5. The molecule has 142 valence electrons. The fourth-order valence-corrected chi connectivity index (χ4v) is 4.13. The summed E-state index contributed by atoms with van der Waals surface area (Å²) in [6, 6.07) is 13.0. The molecule has 1 amide bonds. The second-order valence-electron chi connectivity index (χ2n) is 6.88. The number of nitrogens with zero attached hydrogens (tertiary/aromatic N) is 2. The minimum Gasteiger partial charge on any atom is -0.482 e. The van der Waals surface area contributed by atoms with E-state index >= 15 is 0 Å². The maximum Gasteiger partial charge on any atom is 0.265 e. The smallest absolute Gasteiger partial charge is 0.265 e. The van der Waals surface area contributed by atoms with Crippen molar-refractivity contribution in [3.8, 4) is 17.0 Å². The second kappa shape index (κ2) is 7.20. The van der Waals surface area contributed by atoms with Gasteiger partial charge in [-0.15, -0.1) is 11.3 Å². The first-order valence-electron chi connectivity index (χ1n) is 9.04. The van der Waals surface area contributed by atoms with Gasteiger partial charge in [0.15, 0.2) is 12.4 Å². The van der Waals surface area contributed by atoms with Gasteiger partial charge in [-0.3, -0.25) is 14.5 Å². The normalized spacial score (nSPS) is 13.2. The van der Waals surface area contributed by atoms with E-state index in [0.717, 1.165) is 26.7 Å². The fraction of sp³-hybridized carbons (Fsp3) is 0.227. The summed E-state index contributed by atoms with van der Waals surface area (Å²) in [6.07, 6.45) is 0. The van der Waals surface area contributed by atoms with Crippen LogP contribution in [-0.2, 0) is 4.79 Å². The minimum absolute atomic E-state index is 0.0171. The number of ether oxygens (including phenoxy) is 1. The molecular formula is C22H20N2O3S. The number of rotatable bonds is 4. The van der Waals surface area contributed by atoms with E-state index in [-0.39, 0.29) is 24.8 Å². The van der Waals surface area contributed by atoms with Crippen molar-refractivity contribution in [1.29, 1.82) is 0 Å². The van der Waals surface area contributed by atoms with Gasteiger partial charge in [0.05, 0.1) is 22.9 Å². The molecule has 0 saturated carbocycles. The van der Waals surface area contributed by atoms with Gasteiger partial charge in [-0.05, 0) is 39.0 Å². The number of aromatic nitrogens is 1. The first-order chi connectivity index (χ1) is 13.4. The van der Waals surface area contributed by atoms with Crippen LogP contribution in [0, 0.1) is 20.8 Å². The van der Waals surface area contributed by atoms with Crippen LogP contribution in [0.3, 0.4) is 0 Å². The zero-order valence-corrected chi connectivity index (χ0v) is 16.8. The Morgan fingerprint density at radius 1 is 1.14 bits per heavy atom. The molecule has 0 fully saturated rings. The molecule has 2 heterocycles. The molecule has 0 bridgehead atoms. The maximum absolute atomic E-state index is 12.7. The molecule has 6 heteroatoms. The van der Waals surface area contributed by atoms with Crippen molar-refractivity contribution in [2.45, 2.75) is 20.8 Å². The molecule has 3 aromatic rings. The molecule has 0 spiro atoms. The fourth-order valence-electron chi connectivity index (χ4n) is 3.29. The Hall–Kier alpha value is -2.99. The van der Waals surface area contributed by atoms with Crippen LogP contribution >= 0.6 is 11.3 Å². The third-order valence-electron chi connectivity index (χ3n) is 4.75. The van der Waals surface area contributed by atoms with Crippen LogP contribution < -0.4 is 9.64 Å². The number of carbonyl (C=O) groups excluding carboxylic acids is 2. The van der Waals surface area contributed by atoms with Crippen molar-refractivity contribution in [2.75, 3.05) is 18.1 Å². The highest BCUT2D eigenvalue weighted by molar-refractivity contribution is 7.11. The van der Waals surface area contributed by atoms with Crippen molar-refractivity contribution in [1.82, 2.24) is 4.98 Å². The van der Waals surface area contributed by atoms with E-state index in [1.165, 1.54) is 4.90 Å². The molecular weight excluding hydrogens is 372 g/mol. The zero-order valence-electron chi connectivity index (χ0n) is 16.0. The molecule has 0 unspecified atom stereocenters. The zero-order chi connectivity index (χ0) is 19.8. The van der Waals surface area contributed by atoms with Gasteiger partial charge < -0.3 is 4.74 Å². The third kappa shape index (κ3) is 3.43. The highest BCUT2D eigenvalue weighted by Crippen LogP contribution is 2.37. The van der Waals surface area contributed by atoms with Crippen molar-refractivity contribution in [3.05, 3.63) is 63.5 Å². The first-order valence-corrected chi connectivity index (χ1v) is 9.85. The second-order valence-corrected chi connectivity index (χ2v) is 8.29. The largest absolute Gasteiger partial charge is 0.482 e. The molecule has 4 rings (SSSR count). The number of amides is 1. The number of hydrogen-bond donors (Lipinski definition) is 0. The number of Topliss-reactive ketones (excluding diaryl/α,β-unsaturated/α-hetero) is 1. The maximum atomic E-state index is 12.7. The Morgan fingerprint density at radius 3 is 2.57 bits per heavy atom. The van der Waals surface area contributed by atoms with Crippen molar-refractivity contribution in [3.63, 3.8) is 0 Å². The number of fused-ring (bicyclic) bond motifs is 1. The predicted octanol–water partition coefficient (Wildman–Crippen LogP) is 4.34. The highest BCUT2D eigenvalue weighted by atomic mass is 32.1. The van der Waals surface area contributed by atoms with Gasteiger partial charge in [-0.1, -0.05) is 29.8 Å². The van der Waals surface area contributed by atoms with Crippen molar-refractivity contribution >= 4 is 28.7 Å². The van der Waals surface area contributed by atoms with Crippen LogP contribution in [-0.4, -0.2) is 29.8 Å². The van der Waals surface area contributed by atoms with Crippen LogP contribution in [0.1, 0.15) is 25.8 Å². The van der Waals surface area contributed by atoms with Crippen LogP contribution in [0.2, 0.25) is 0 Å². The van der Waals surface area contributed by atoms with E-state index in [4.69, 9.17) is 4.74 Å². The molecule has 0 radical (unpaired) electrons. The lowest BCUT2D eigenvalue weighted by Crippen LogP contribution is -2.42. The van der Waals surface area contributed by atoms with E-state index in [1.807, 2.05) is 51.1 Å². The molecule has 1 aromatic heterocycles. The summed E-state index contributed by atoms with van der Waals surface area (Å²) in [6.45, 7) is 5.89. The average Bonchev–Trinajstić information content (AvgIpc) is 3.02. The molecule has 1 aliphatic heterocycles. The van der Waals surface area contributed by atoms with Crippen molar-refractivity contribution in [2.24, 2.45) is 0 Å². The van der Waals surface area contributed by atoms with E-state index in [9.17, 15) is 9.59 Å². The SMILES string of the molecule is Cc1ccc(C(=O)CN2C(=O)COc3ccc(-c4nc(C)sc4C)cc32)cc1. The number of ketones is 1. The summed E-state index contributed by atoms with van der Waals surface area (Å²) < 4.78 is 5.57. The molecule has 0 atom stereocenters. The summed E-state index contributed by atoms with van der Waals surface area (Å²) in [5.74, 6) is 0.272. The van der Waals surface area contributed by atoms with Gasteiger partial charge in [0, 0.05) is 16.0 Å². The molecule has 0 saturated heterocycles. The van der Waals surface area contributed by atoms with Gasteiger partial charge in [-0.25, -0.2) is 4.98 Å². The lowest BCUT2D eigenvalue weighted by molar-refractivity contribution is -0.121. The average molecular weight is 392 g/mol. The molecule has 28 heavy (non-hydrogen) atoms. The Morgan fingerprint density at radius 2 is 1.89 bits per heavy atom. The lowest BCUT2D eigenvalue weighted by Gasteiger charge is -2.29. The van der Waals surface area contributed by atoms with Gasteiger partial charge in [0.25, 0.3) is 5.91 Å². The number of carbonyl (C=O) groups is 2. The summed E-state index contributed by atoms with van der Waals surface area (Å²) in [5, 5.41) is 0.990. The Balaban J connectivity index is 1.69. The Labute approximate surface area is 167 Å². The van der Waals surface area contributed by atoms with Gasteiger partial charge in [0.2, 0.25) is 0 Å². The number of aryl methyl sites for hydroxylation is 3. The molecule has 0 N–H and O–H groups in total. The Kier molecular flexibility index (Phi) is 4.73. The van der Waals surface area contributed by atoms with Crippen molar-refractivity contribution < 1.29 is 14.3 Å². The van der Waals surface area contributed by atoms with E-state index in [2.05, 4.69) is 4.98 Å². The third-order valence-corrected chi connectivity index (χ3v) is 5.64. The number of thiazole rings is 1. The van der Waals surface area contributed by atoms with E-state index in [0.29, 0.717) is 17.0 Å². The topological polar surface area (TPSA) is 59.5 Å². The summed E-state index contributed by atoms with van der Waals surface area (Å²) >= 11 is 1.63. The molecule has 0 aliphatic carbocycles. The predicted molar refractivity (Wildman–Crippen MR) is 110 cm³/mol. The van der Waals surface area contributed by atoms with E-state index < -0.39 is 0 Å². The lowest BCUT2D eigenvalue weighted by atomic mass is 10.1. The van der Waals surface area contributed by atoms with Crippen LogP contribution in [0.25, 0.3) is 11.3 Å². The summed E-state index contributed by atoms with van der Waals surface area (Å²) in [7, 11) is 0. The Bertz CT molecular complexity index is 1070. The minimum atomic E-state index is -0.226. The molecule has 5 nitrogen and oxygen atoms in total. The summed E-state index contributed by atoms with van der Waals surface area (Å²) in [5.41, 5.74) is 4.09. The highest BCUT2D eigenvalue weighted by Gasteiger charge is 2.28. The van der Waals surface area contributed by atoms with Gasteiger partial charge in [0.1, 0.15) is 5.75 Å². The standard InChI is InChI=1S/C22H20N2O3S/c1-13-4-6-16(7-5-13)19(25)11-24-18-10-17(22-14(2)28-15(3)23-22)8-9-20(18)27-12-21(24)26/h4-10H,11-12H2,1-3H3.